The van der Waals surface area contributed by atoms with Crippen LogP contribution in [0.4, 0.5) is 8.78 Å². The molecule has 1 aliphatic heterocycles. The van der Waals surface area contributed by atoms with Crippen LogP contribution < -0.4 is 0 Å². The number of benzene rings is 1. The predicted octanol–water partition coefficient (Wildman–Crippen LogP) is 3.36. The molecule has 1 saturated carbocycles. The van der Waals surface area contributed by atoms with Crippen LogP contribution in [0.3, 0.4) is 0 Å². The molecule has 1 aromatic carbocycles. The molecule has 1 saturated heterocycles. The molecule has 3 rings (SSSR count). The molecule has 5 nitrogen and oxygen atoms in total. The van der Waals surface area contributed by atoms with Gasteiger partial charge in [-0.15, -0.1) is 0 Å². The highest BCUT2D eigenvalue weighted by Gasteiger charge is 2.42. The summed E-state index contributed by atoms with van der Waals surface area (Å²) in [6.07, 6.45) is 3.23. The first-order valence-corrected chi connectivity index (χ1v) is 9.72. The van der Waals surface area contributed by atoms with Crippen molar-refractivity contribution in [3.05, 3.63) is 35.4 Å². The Hall–Kier alpha value is -2.31. The quantitative estimate of drug-likeness (QED) is 0.568. The maximum atomic E-state index is 13.2. The van der Waals surface area contributed by atoms with E-state index in [0.29, 0.717) is 18.4 Å². The molecule has 7 heteroatoms. The largest absolute Gasteiger partial charge is 0.457 e. The van der Waals surface area contributed by atoms with E-state index >= 15 is 0 Å². The smallest absolute Gasteiger partial charge is 0.311 e. The van der Waals surface area contributed by atoms with Gasteiger partial charge >= 0.3 is 5.97 Å². The number of halogens is 2. The van der Waals surface area contributed by atoms with Crippen molar-refractivity contribution in [2.75, 3.05) is 13.2 Å². The van der Waals surface area contributed by atoms with Crippen molar-refractivity contribution in [2.24, 2.45) is 17.8 Å². The van der Waals surface area contributed by atoms with Gasteiger partial charge in [-0.3, -0.25) is 14.4 Å². The molecule has 0 aromatic heterocycles. The van der Waals surface area contributed by atoms with E-state index in [4.69, 9.17) is 4.74 Å². The maximum Gasteiger partial charge on any atom is 0.311 e. The SMILES string of the molecule is C[C@@H]1[C@@H](C)CCC[C@@H]1N1C[C@H](C(=O)OCC(=O)c2ccc(F)c(F)c2)CC1=O. The molecule has 1 amide bonds. The van der Waals surface area contributed by atoms with E-state index in [-0.39, 0.29) is 23.9 Å². The third kappa shape index (κ3) is 4.23. The van der Waals surface area contributed by atoms with Crippen molar-refractivity contribution >= 4 is 17.7 Å². The normalized spacial score (nSPS) is 27.7. The van der Waals surface area contributed by atoms with Crippen molar-refractivity contribution in [3.63, 3.8) is 0 Å². The van der Waals surface area contributed by atoms with Gasteiger partial charge < -0.3 is 9.64 Å². The fourth-order valence-electron chi connectivity index (χ4n) is 4.21. The Labute approximate surface area is 163 Å². The molecule has 0 N–H and O–H groups in total. The highest BCUT2D eigenvalue weighted by molar-refractivity contribution is 5.98. The first-order valence-electron chi connectivity index (χ1n) is 9.72. The number of carbonyl (C=O) groups excluding carboxylic acids is 3. The van der Waals surface area contributed by atoms with Gasteiger partial charge in [-0.2, -0.15) is 0 Å². The number of esters is 1. The molecular formula is C21H25F2NO4. The number of hydrogen-bond donors (Lipinski definition) is 0. The lowest BCUT2D eigenvalue weighted by atomic mass is 9.77. The molecule has 2 aliphatic rings. The molecule has 28 heavy (non-hydrogen) atoms. The van der Waals surface area contributed by atoms with Crippen molar-refractivity contribution in [3.8, 4) is 0 Å². The summed E-state index contributed by atoms with van der Waals surface area (Å²) in [5, 5.41) is 0. The van der Waals surface area contributed by atoms with Gasteiger partial charge in [0.1, 0.15) is 0 Å². The minimum Gasteiger partial charge on any atom is -0.457 e. The van der Waals surface area contributed by atoms with Gasteiger partial charge in [-0.05, 0) is 36.5 Å². The van der Waals surface area contributed by atoms with Gasteiger partial charge in [0.05, 0.1) is 5.92 Å². The van der Waals surface area contributed by atoms with Crippen LogP contribution in [0.5, 0.6) is 0 Å². The standard InChI is InChI=1S/C21H25F2NO4/c1-12-4-3-5-18(13(12)2)24-10-15(9-20(24)26)21(27)28-11-19(25)14-6-7-16(22)17(23)8-14/h6-8,12-13,15,18H,3-5,9-11H2,1-2H3/t12-,13+,15+,18-/m0/s1. The lowest BCUT2D eigenvalue weighted by Crippen LogP contribution is -2.45. The summed E-state index contributed by atoms with van der Waals surface area (Å²) in [4.78, 5) is 38.6. The summed E-state index contributed by atoms with van der Waals surface area (Å²) >= 11 is 0. The third-order valence-electron chi connectivity index (χ3n) is 6.14. The summed E-state index contributed by atoms with van der Waals surface area (Å²) in [6.45, 7) is 4.07. The molecule has 1 aromatic rings. The second kappa shape index (κ2) is 8.37. The Balaban J connectivity index is 1.55. The Morgan fingerprint density at radius 2 is 1.93 bits per heavy atom. The van der Waals surface area contributed by atoms with Gasteiger partial charge in [-0.1, -0.05) is 26.7 Å². The van der Waals surface area contributed by atoms with E-state index in [9.17, 15) is 23.2 Å². The van der Waals surface area contributed by atoms with Crippen molar-refractivity contribution in [1.82, 2.24) is 4.90 Å². The molecule has 2 fully saturated rings. The first-order chi connectivity index (χ1) is 13.3. The summed E-state index contributed by atoms with van der Waals surface area (Å²) in [5.41, 5.74) is -0.0687. The van der Waals surface area contributed by atoms with Crippen LogP contribution in [-0.4, -0.2) is 41.8 Å². The van der Waals surface area contributed by atoms with E-state index < -0.39 is 35.9 Å². The first kappa shape index (κ1) is 20.4. The van der Waals surface area contributed by atoms with Crippen LogP contribution in [0.1, 0.15) is 49.9 Å². The Morgan fingerprint density at radius 3 is 2.64 bits per heavy atom. The van der Waals surface area contributed by atoms with Gasteiger partial charge in [0.25, 0.3) is 0 Å². The second-order valence-electron chi connectivity index (χ2n) is 7.94. The van der Waals surface area contributed by atoms with Gasteiger partial charge in [0.15, 0.2) is 24.0 Å². The van der Waals surface area contributed by atoms with E-state index in [1.54, 1.807) is 4.90 Å². The number of nitrogens with zero attached hydrogens (tertiary/aromatic N) is 1. The number of amides is 1. The Morgan fingerprint density at radius 1 is 1.18 bits per heavy atom. The molecule has 152 valence electrons. The van der Waals surface area contributed by atoms with Crippen molar-refractivity contribution < 1.29 is 27.9 Å². The number of hydrogen-bond acceptors (Lipinski definition) is 4. The topological polar surface area (TPSA) is 63.7 Å². The molecule has 4 atom stereocenters. The van der Waals surface area contributed by atoms with Crippen LogP contribution in [-0.2, 0) is 14.3 Å². The zero-order valence-corrected chi connectivity index (χ0v) is 16.1. The number of rotatable bonds is 5. The molecular weight excluding hydrogens is 368 g/mol. The highest BCUT2D eigenvalue weighted by atomic mass is 19.2. The number of Topliss-reactive ketones (excluding diaryl/α,β-unsaturated/α-hetero) is 1. The summed E-state index contributed by atoms with van der Waals surface area (Å²) < 4.78 is 31.2. The molecule has 0 radical (unpaired) electrons. The van der Waals surface area contributed by atoms with E-state index in [1.807, 2.05) is 0 Å². The minimum atomic E-state index is -1.13. The van der Waals surface area contributed by atoms with Crippen LogP contribution in [0, 0.1) is 29.4 Å². The summed E-state index contributed by atoms with van der Waals surface area (Å²) in [5.74, 6) is -3.16. The van der Waals surface area contributed by atoms with Crippen LogP contribution in [0.2, 0.25) is 0 Å². The minimum absolute atomic E-state index is 0.0557. The van der Waals surface area contributed by atoms with Crippen LogP contribution in [0.25, 0.3) is 0 Å². The van der Waals surface area contributed by atoms with Crippen LogP contribution >= 0.6 is 0 Å². The number of ketones is 1. The van der Waals surface area contributed by atoms with Gasteiger partial charge in [0, 0.05) is 24.6 Å². The average Bonchev–Trinajstić information content (AvgIpc) is 3.05. The zero-order chi connectivity index (χ0) is 20.4. The molecule has 0 spiro atoms. The van der Waals surface area contributed by atoms with Crippen molar-refractivity contribution in [2.45, 2.75) is 45.6 Å². The monoisotopic (exact) mass is 393 g/mol. The second-order valence-corrected chi connectivity index (χ2v) is 7.94. The predicted molar refractivity (Wildman–Crippen MR) is 97.4 cm³/mol. The molecule has 1 heterocycles. The third-order valence-corrected chi connectivity index (χ3v) is 6.14. The molecule has 0 unspecified atom stereocenters. The maximum absolute atomic E-state index is 13.2. The van der Waals surface area contributed by atoms with Crippen LogP contribution in [0.15, 0.2) is 18.2 Å². The zero-order valence-electron chi connectivity index (χ0n) is 16.1. The fourth-order valence-corrected chi connectivity index (χ4v) is 4.21. The molecule has 1 aliphatic carbocycles. The fraction of sp³-hybridized carbons (Fsp3) is 0.571. The lowest BCUT2D eigenvalue weighted by Gasteiger charge is -2.39. The number of likely N-dealkylation sites (tertiary alicyclic amines) is 1. The Bertz CT molecular complexity index is 782. The number of ether oxygens (including phenoxy) is 1. The molecule has 0 bridgehead atoms. The average molecular weight is 393 g/mol. The van der Waals surface area contributed by atoms with Gasteiger partial charge in [-0.25, -0.2) is 8.78 Å². The lowest BCUT2D eigenvalue weighted by molar-refractivity contribution is -0.147. The Kier molecular flexibility index (Phi) is 6.10. The summed E-state index contributed by atoms with van der Waals surface area (Å²) in [7, 11) is 0. The van der Waals surface area contributed by atoms with E-state index in [0.717, 1.165) is 37.5 Å². The highest BCUT2D eigenvalue weighted by Crippen LogP contribution is 2.35. The van der Waals surface area contributed by atoms with E-state index in [1.165, 1.54) is 0 Å². The van der Waals surface area contributed by atoms with Crippen molar-refractivity contribution in [1.29, 1.82) is 0 Å². The number of carbonyl (C=O) groups is 3. The van der Waals surface area contributed by atoms with Gasteiger partial charge in [0.2, 0.25) is 5.91 Å². The van der Waals surface area contributed by atoms with E-state index in [2.05, 4.69) is 13.8 Å². The summed E-state index contributed by atoms with van der Waals surface area (Å²) in [6, 6.07) is 2.90.